The van der Waals surface area contributed by atoms with Crippen LogP contribution in [0.15, 0.2) is 12.2 Å². The Labute approximate surface area is 161 Å². The first-order valence-electron chi connectivity index (χ1n) is 11.5. The molecular formula is C25H40O. The molecule has 0 aromatic rings. The Hall–Kier alpha value is -0.590. The lowest BCUT2D eigenvalue weighted by Crippen LogP contribution is -2.51. The molecule has 1 heteroatoms. The van der Waals surface area contributed by atoms with Gasteiger partial charge in [-0.3, -0.25) is 4.79 Å². The van der Waals surface area contributed by atoms with Crippen molar-refractivity contribution >= 4 is 5.78 Å². The molecule has 4 saturated carbocycles. The largest absolute Gasteiger partial charge is 0.299 e. The highest BCUT2D eigenvalue weighted by molar-refractivity contribution is 5.81. The van der Waals surface area contributed by atoms with Gasteiger partial charge in [-0.15, -0.1) is 0 Å². The lowest BCUT2D eigenvalue weighted by Gasteiger charge is -2.59. The molecule has 0 spiro atoms. The average Bonchev–Trinajstić information content (AvgIpc) is 2.90. The number of allylic oxidation sites excluding steroid dienone is 1. The molecule has 2 unspecified atom stereocenters. The summed E-state index contributed by atoms with van der Waals surface area (Å²) in [6.07, 6.45) is 12.7. The zero-order valence-electron chi connectivity index (χ0n) is 17.7. The zero-order chi connectivity index (χ0) is 18.7. The van der Waals surface area contributed by atoms with Gasteiger partial charge in [0.15, 0.2) is 0 Å². The van der Waals surface area contributed by atoms with Crippen LogP contribution in [0, 0.1) is 46.3 Å². The van der Waals surface area contributed by atoms with Crippen molar-refractivity contribution in [1.82, 2.24) is 0 Å². The van der Waals surface area contributed by atoms with Crippen molar-refractivity contribution in [3.8, 4) is 0 Å². The fourth-order valence-electron chi connectivity index (χ4n) is 8.59. The summed E-state index contributed by atoms with van der Waals surface area (Å²) in [6, 6.07) is 0. The first kappa shape index (κ1) is 18.8. The molecule has 1 nitrogen and oxygen atoms in total. The van der Waals surface area contributed by atoms with Crippen LogP contribution in [0.2, 0.25) is 0 Å². The predicted molar refractivity (Wildman–Crippen MR) is 109 cm³/mol. The maximum Gasteiger partial charge on any atom is 0.135 e. The van der Waals surface area contributed by atoms with Crippen molar-refractivity contribution in [1.29, 1.82) is 0 Å². The van der Waals surface area contributed by atoms with Crippen molar-refractivity contribution in [3.05, 3.63) is 12.2 Å². The second kappa shape index (κ2) is 6.49. The third-order valence-electron chi connectivity index (χ3n) is 10.1. The Morgan fingerprint density at radius 2 is 1.77 bits per heavy atom. The minimum absolute atomic E-state index is 0.353. The molecule has 4 fully saturated rings. The molecule has 4 aliphatic rings. The SMILES string of the molecule is C=C(C)[C@H]1CC[C@H]2C3CC[C@H]4CC(CC)C(=O)CC[C@]4(C)[C@H]3CC[C@]12C. The fraction of sp³-hybridized carbons (Fsp3) is 0.880. The summed E-state index contributed by atoms with van der Waals surface area (Å²) < 4.78 is 0. The molecule has 0 aromatic heterocycles. The third kappa shape index (κ3) is 2.59. The van der Waals surface area contributed by atoms with Crippen LogP contribution in [0.5, 0.6) is 0 Å². The van der Waals surface area contributed by atoms with Crippen LogP contribution in [0.25, 0.3) is 0 Å². The summed E-state index contributed by atoms with van der Waals surface area (Å²) >= 11 is 0. The molecule has 26 heavy (non-hydrogen) atoms. The van der Waals surface area contributed by atoms with Crippen LogP contribution in [0.1, 0.15) is 91.9 Å². The van der Waals surface area contributed by atoms with Crippen molar-refractivity contribution in [2.45, 2.75) is 91.9 Å². The zero-order valence-corrected chi connectivity index (χ0v) is 17.7. The van der Waals surface area contributed by atoms with Gasteiger partial charge < -0.3 is 0 Å². The van der Waals surface area contributed by atoms with Crippen LogP contribution in [-0.2, 0) is 4.79 Å². The van der Waals surface area contributed by atoms with Gasteiger partial charge in [-0.1, -0.05) is 32.9 Å². The molecule has 0 saturated heterocycles. The van der Waals surface area contributed by atoms with Crippen molar-refractivity contribution < 1.29 is 4.79 Å². The molecule has 4 rings (SSSR count). The highest BCUT2D eigenvalue weighted by Gasteiger charge is 2.59. The number of fused-ring (bicyclic) bond motifs is 5. The Morgan fingerprint density at radius 1 is 1.04 bits per heavy atom. The maximum atomic E-state index is 12.6. The smallest absolute Gasteiger partial charge is 0.135 e. The van der Waals surface area contributed by atoms with E-state index in [1.54, 1.807) is 0 Å². The van der Waals surface area contributed by atoms with E-state index in [4.69, 9.17) is 0 Å². The van der Waals surface area contributed by atoms with Crippen molar-refractivity contribution in [2.75, 3.05) is 0 Å². The second-order valence-corrected chi connectivity index (χ2v) is 11.0. The highest BCUT2D eigenvalue weighted by Crippen LogP contribution is 2.67. The standard InChI is InChI=1S/C25H40O/c1-6-17-15-18-7-8-19-21-10-9-20(16(2)3)25(21,5)13-11-22(19)24(18,4)14-12-23(17)26/h17-22H,2,6-15H2,1,3-5H3/t17?,18-,19?,20+,21-,22-,24-,25+/m0/s1. The van der Waals surface area contributed by atoms with Crippen molar-refractivity contribution in [2.24, 2.45) is 46.3 Å². The number of Topliss-reactive ketones (excluding diaryl/α,β-unsaturated/α-hetero) is 1. The molecule has 0 amide bonds. The van der Waals surface area contributed by atoms with E-state index in [0.717, 1.165) is 42.4 Å². The molecule has 0 heterocycles. The Morgan fingerprint density at radius 3 is 2.46 bits per heavy atom. The molecule has 0 aromatic carbocycles. The quantitative estimate of drug-likeness (QED) is 0.496. The van der Waals surface area contributed by atoms with Gasteiger partial charge >= 0.3 is 0 Å². The van der Waals surface area contributed by atoms with Gasteiger partial charge in [0.1, 0.15) is 5.78 Å². The summed E-state index contributed by atoms with van der Waals surface area (Å²) in [6.45, 7) is 14.0. The minimum atomic E-state index is 0.353. The number of rotatable bonds is 2. The number of hydrogen-bond donors (Lipinski definition) is 0. The Kier molecular flexibility index (Phi) is 4.68. The topological polar surface area (TPSA) is 17.1 Å². The first-order chi connectivity index (χ1) is 12.3. The molecular weight excluding hydrogens is 316 g/mol. The number of carbonyl (C=O) groups excluding carboxylic acids is 1. The van der Waals surface area contributed by atoms with Gasteiger partial charge in [-0.05, 0) is 105 Å². The lowest BCUT2D eigenvalue weighted by molar-refractivity contribution is -0.123. The number of carbonyl (C=O) groups is 1. The summed E-state index contributed by atoms with van der Waals surface area (Å²) in [4.78, 5) is 12.6. The molecule has 0 bridgehead atoms. The maximum absolute atomic E-state index is 12.6. The van der Waals surface area contributed by atoms with E-state index in [2.05, 4.69) is 34.3 Å². The van der Waals surface area contributed by atoms with E-state index >= 15 is 0 Å². The van der Waals surface area contributed by atoms with E-state index in [9.17, 15) is 4.79 Å². The summed E-state index contributed by atoms with van der Waals surface area (Å²) in [5.74, 6) is 5.15. The lowest BCUT2D eigenvalue weighted by atomic mass is 9.46. The second-order valence-electron chi connectivity index (χ2n) is 11.0. The van der Waals surface area contributed by atoms with E-state index < -0.39 is 0 Å². The van der Waals surface area contributed by atoms with E-state index in [0.29, 0.717) is 22.5 Å². The Bertz CT molecular complexity index is 591. The molecule has 8 atom stereocenters. The number of hydrogen-bond acceptors (Lipinski definition) is 1. The summed E-state index contributed by atoms with van der Waals surface area (Å²) in [5, 5.41) is 0. The highest BCUT2D eigenvalue weighted by atomic mass is 16.1. The predicted octanol–water partition coefficient (Wildman–Crippen LogP) is 6.82. The minimum Gasteiger partial charge on any atom is -0.299 e. The van der Waals surface area contributed by atoms with Gasteiger partial charge in [0.25, 0.3) is 0 Å². The third-order valence-corrected chi connectivity index (χ3v) is 10.1. The normalized spacial score (nSPS) is 51.2. The van der Waals surface area contributed by atoms with Gasteiger partial charge in [0.05, 0.1) is 0 Å². The Balaban J connectivity index is 1.62. The summed E-state index contributed by atoms with van der Waals surface area (Å²) in [5.41, 5.74) is 2.35. The van der Waals surface area contributed by atoms with Gasteiger partial charge in [-0.25, -0.2) is 0 Å². The number of ketones is 1. The molecule has 0 N–H and O–H groups in total. The van der Waals surface area contributed by atoms with E-state index in [1.165, 1.54) is 56.9 Å². The van der Waals surface area contributed by atoms with Gasteiger partial charge in [0, 0.05) is 12.3 Å². The van der Waals surface area contributed by atoms with E-state index in [-0.39, 0.29) is 0 Å². The van der Waals surface area contributed by atoms with E-state index in [1.807, 2.05) is 0 Å². The van der Waals surface area contributed by atoms with Crippen LogP contribution >= 0.6 is 0 Å². The monoisotopic (exact) mass is 356 g/mol. The van der Waals surface area contributed by atoms with Crippen LogP contribution in [0.4, 0.5) is 0 Å². The molecule has 0 aliphatic heterocycles. The fourth-order valence-corrected chi connectivity index (χ4v) is 8.59. The van der Waals surface area contributed by atoms with Crippen LogP contribution in [0.3, 0.4) is 0 Å². The molecule has 146 valence electrons. The van der Waals surface area contributed by atoms with Gasteiger partial charge in [0.2, 0.25) is 0 Å². The summed E-state index contributed by atoms with van der Waals surface area (Å²) in [7, 11) is 0. The van der Waals surface area contributed by atoms with Gasteiger partial charge in [-0.2, -0.15) is 0 Å². The van der Waals surface area contributed by atoms with Crippen LogP contribution < -0.4 is 0 Å². The van der Waals surface area contributed by atoms with Crippen molar-refractivity contribution in [3.63, 3.8) is 0 Å². The molecule has 0 radical (unpaired) electrons. The first-order valence-corrected chi connectivity index (χ1v) is 11.5. The average molecular weight is 357 g/mol. The van der Waals surface area contributed by atoms with Crippen LogP contribution in [-0.4, -0.2) is 5.78 Å². The molecule has 4 aliphatic carbocycles.